The van der Waals surface area contributed by atoms with Crippen molar-refractivity contribution in [2.24, 2.45) is 5.73 Å². The molecular formula is C30H27F5N4O3. The summed E-state index contributed by atoms with van der Waals surface area (Å²) < 4.78 is 64.5. The van der Waals surface area contributed by atoms with Gasteiger partial charge in [-0.3, -0.25) is 14.4 Å². The highest BCUT2D eigenvalue weighted by molar-refractivity contribution is 6.06. The summed E-state index contributed by atoms with van der Waals surface area (Å²) in [6.07, 6.45) is -0.936. The molecule has 12 heteroatoms. The summed E-state index contributed by atoms with van der Waals surface area (Å²) in [4.78, 5) is 40.4. The first-order valence-electron chi connectivity index (χ1n) is 13.3. The van der Waals surface area contributed by atoms with Crippen molar-refractivity contribution in [2.45, 2.75) is 49.6 Å². The van der Waals surface area contributed by atoms with Gasteiger partial charge < -0.3 is 16.0 Å². The van der Waals surface area contributed by atoms with Gasteiger partial charge in [-0.15, -0.1) is 0 Å². The van der Waals surface area contributed by atoms with Crippen LogP contribution in [0.2, 0.25) is 0 Å². The van der Waals surface area contributed by atoms with Crippen LogP contribution >= 0.6 is 0 Å². The molecule has 2 aliphatic heterocycles. The van der Waals surface area contributed by atoms with Crippen LogP contribution < -0.4 is 11.1 Å². The molecule has 3 amide bonds. The van der Waals surface area contributed by atoms with Gasteiger partial charge in [0.25, 0.3) is 0 Å². The summed E-state index contributed by atoms with van der Waals surface area (Å²) in [5.41, 5.74) is 8.28. The molecule has 3 N–H and O–H groups in total. The lowest BCUT2D eigenvalue weighted by Gasteiger charge is -2.26. The first-order chi connectivity index (χ1) is 19.9. The van der Waals surface area contributed by atoms with Crippen LogP contribution in [-0.2, 0) is 27.8 Å². The molecule has 1 fully saturated rings. The summed E-state index contributed by atoms with van der Waals surface area (Å²) in [5, 5.41) is 2.86. The van der Waals surface area contributed by atoms with Crippen LogP contribution in [0.25, 0.3) is 0 Å². The average Bonchev–Trinajstić information content (AvgIpc) is 3.39. The van der Waals surface area contributed by atoms with Crippen molar-refractivity contribution < 1.29 is 36.3 Å². The molecule has 2 unspecified atom stereocenters. The predicted molar refractivity (Wildman–Crippen MR) is 142 cm³/mol. The lowest BCUT2D eigenvalue weighted by Crippen LogP contribution is -2.40. The van der Waals surface area contributed by atoms with Crippen LogP contribution in [0.1, 0.15) is 57.8 Å². The number of likely N-dealkylation sites (tertiary alicyclic amines) is 1. The number of rotatable bonds is 3. The van der Waals surface area contributed by atoms with Crippen molar-refractivity contribution >= 4 is 23.5 Å². The van der Waals surface area contributed by atoms with E-state index in [1.54, 1.807) is 18.3 Å². The zero-order chi connectivity index (χ0) is 30.2. The van der Waals surface area contributed by atoms with Crippen molar-refractivity contribution in [2.75, 3.05) is 18.4 Å². The Hall–Kier alpha value is -4.35. The fraction of sp³-hybridized carbons (Fsp3) is 0.333. The monoisotopic (exact) mass is 586 g/mol. The first-order valence-corrected chi connectivity index (χ1v) is 13.3. The Labute approximate surface area is 237 Å². The third-order valence-electron chi connectivity index (χ3n) is 7.99. The maximum atomic E-state index is 13.8. The number of nitrogens with two attached hydrogens (primary N) is 1. The number of amides is 3. The van der Waals surface area contributed by atoms with E-state index in [1.165, 1.54) is 12.1 Å². The van der Waals surface area contributed by atoms with Gasteiger partial charge in [-0.25, -0.2) is 13.8 Å². The first kappa shape index (κ1) is 29.2. The van der Waals surface area contributed by atoms with Crippen LogP contribution in [0.3, 0.4) is 0 Å². The number of carbonyl (C=O) groups is 3. The van der Waals surface area contributed by atoms with E-state index in [2.05, 4.69) is 10.3 Å². The average molecular weight is 587 g/mol. The second-order valence-electron chi connectivity index (χ2n) is 10.8. The van der Waals surface area contributed by atoms with Gasteiger partial charge in [-0.05, 0) is 66.6 Å². The smallest absolute Gasteiger partial charge is 0.366 e. The Balaban J connectivity index is 0.000000168. The lowest BCUT2D eigenvalue weighted by atomic mass is 9.79. The molecule has 0 bridgehead atoms. The minimum atomic E-state index is -4.51. The fourth-order valence-corrected chi connectivity index (χ4v) is 6.00. The highest BCUT2D eigenvalue weighted by Crippen LogP contribution is 2.46. The summed E-state index contributed by atoms with van der Waals surface area (Å²) in [6.45, 7) is -1.61. The number of fused-ring (bicyclic) bond motifs is 3. The number of alkyl halides is 3. The van der Waals surface area contributed by atoms with Crippen molar-refractivity contribution in [1.29, 1.82) is 0 Å². The normalized spacial score (nSPS) is 21.3. The van der Waals surface area contributed by atoms with Crippen molar-refractivity contribution in [3.63, 3.8) is 0 Å². The fourth-order valence-electron chi connectivity index (χ4n) is 6.00. The third-order valence-corrected chi connectivity index (χ3v) is 7.99. The summed E-state index contributed by atoms with van der Waals surface area (Å²) in [5.74, 6) is -3.15. The number of anilines is 1. The topological polar surface area (TPSA) is 105 Å². The molecule has 0 radical (unpaired) electrons. The van der Waals surface area contributed by atoms with E-state index in [9.17, 15) is 36.3 Å². The zero-order valence-corrected chi connectivity index (χ0v) is 22.3. The minimum Gasteiger partial charge on any atom is -0.366 e. The molecule has 2 atom stereocenters. The zero-order valence-electron chi connectivity index (χ0n) is 22.3. The van der Waals surface area contributed by atoms with E-state index in [1.807, 2.05) is 18.2 Å². The maximum Gasteiger partial charge on any atom is 0.406 e. The molecule has 3 aliphatic rings. The number of hydrogen-bond acceptors (Lipinski definition) is 4. The van der Waals surface area contributed by atoms with Crippen molar-refractivity contribution in [3.8, 4) is 0 Å². The molecular weight excluding hydrogens is 559 g/mol. The number of halogens is 5. The molecule has 1 saturated heterocycles. The maximum absolute atomic E-state index is 13.8. The largest absolute Gasteiger partial charge is 0.406 e. The van der Waals surface area contributed by atoms with Gasteiger partial charge >= 0.3 is 6.18 Å². The van der Waals surface area contributed by atoms with E-state index in [0.717, 1.165) is 22.8 Å². The molecule has 220 valence electrons. The molecule has 3 aromatic rings. The number of nitrogens with zero attached hydrogens (tertiary/aromatic N) is 2. The number of nitrogens with one attached hydrogen (secondary N) is 1. The molecule has 1 aliphatic carbocycles. The van der Waals surface area contributed by atoms with Gasteiger partial charge in [0.15, 0.2) is 11.6 Å². The van der Waals surface area contributed by atoms with Gasteiger partial charge in [0.1, 0.15) is 12.4 Å². The van der Waals surface area contributed by atoms with Crippen LogP contribution in [-0.4, -0.2) is 46.9 Å². The van der Waals surface area contributed by atoms with E-state index >= 15 is 0 Å². The number of benzene rings is 2. The van der Waals surface area contributed by atoms with E-state index in [-0.39, 0.29) is 24.4 Å². The van der Waals surface area contributed by atoms with Crippen molar-refractivity contribution in [3.05, 3.63) is 94.2 Å². The molecule has 2 aromatic carbocycles. The molecule has 1 spiro atoms. The molecule has 3 heterocycles. The van der Waals surface area contributed by atoms with Gasteiger partial charge in [-0.2, -0.15) is 13.2 Å². The minimum absolute atomic E-state index is 0.0104. The second-order valence-corrected chi connectivity index (χ2v) is 10.8. The van der Waals surface area contributed by atoms with Crippen molar-refractivity contribution in [1.82, 2.24) is 9.88 Å². The molecule has 7 nitrogen and oxygen atoms in total. The summed E-state index contributed by atoms with van der Waals surface area (Å²) >= 11 is 0. The number of carbonyl (C=O) groups excluding carboxylic acids is 3. The quantitative estimate of drug-likeness (QED) is 0.431. The Bertz CT molecular complexity index is 1560. The standard InChI is InChI=1S/C16H13N3O2.C14H14F5NO/c17-13(20)9-3-4-10-7-16(8-11(10)6-9)12-2-1-5-18-14(12)19-15(16)21;15-11-5-2-4-10(13(11)16)9-3-1-6-12(21)20(7-9)8-14(17,18)19/h1-6H,7-8H2,(H2,17,20)(H,18,19,21);2,4-5,9H,1,3,6-8H2. The van der Waals surface area contributed by atoms with E-state index in [0.29, 0.717) is 42.0 Å². The summed E-state index contributed by atoms with van der Waals surface area (Å²) in [7, 11) is 0. The highest BCUT2D eigenvalue weighted by atomic mass is 19.4. The number of hydrogen-bond donors (Lipinski definition) is 2. The SMILES string of the molecule is NC(=O)c1ccc2c(c1)CC1(C2)C(=O)Nc2ncccc21.O=C1CCCC(c2cccc(F)c2F)CN1CC(F)(F)F. The second kappa shape index (κ2) is 11.1. The molecule has 0 saturated carbocycles. The third kappa shape index (κ3) is 5.70. The van der Waals surface area contributed by atoms with Gasteiger partial charge in [0.2, 0.25) is 17.7 Å². The van der Waals surface area contributed by atoms with Crippen LogP contribution in [0.4, 0.5) is 27.8 Å². The Morgan fingerprint density at radius 3 is 2.57 bits per heavy atom. The van der Waals surface area contributed by atoms with Gasteiger partial charge in [0, 0.05) is 36.2 Å². The molecule has 42 heavy (non-hydrogen) atoms. The van der Waals surface area contributed by atoms with Gasteiger partial charge in [-0.1, -0.05) is 24.3 Å². The number of pyridine rings is 1. The van der Waals surface area contributed by atoms with Crippen LogP contribution in [0, 0.1) is 11.6 Å². The number of primary amides is 1. The Morgan fingerprint density at radius 2 is 1.83 bits per heavy atom. The van der Waals surface area contributed by atoms with Crippen LogP contribution in [0.5, 0.6) is 0 Å². The Morgan fingerprint density at radius 1 is 1.07 bits per heavy atom. The molecule has 1 aromatic heterocycles. The van der Waals surface area contributed by atoms with E-state index < -0.39 is 47.5 Å². The predicted octanol–water partition coefficient (Wildman–Crippen LogP) is 4.79. The molecule has 6 rings (SSSR count). The number of aromatic nitrogens is 1. The highest BCUT2D eigenvalue weighted by Gasteiger charge is 2.51. The van der Waals surface area contributed by atoms with Gasteiger partial charge in [0.05, 0.1) is 5.41 Å². The summed E-state index contributed by atoms with van der Waals surface area (Å²) in [6, 6.07) is 12.8. The van der Waals surface area contributed by atoms with E-state index in [4.69, 9.17) is 5.73 Å². The Kier molecular flexibility index (Phi) is 7.74. The lowest BCUT2D eigenvalue weighted by molar-refractivity contribution is -0.160. The van der Waals surface area contributed by atoms with Crippen LogP contribution in [0.15, 0.2) is 54.7 Å².